The lowest BCUT2D eigenvalue weighted by molar-refractivity contribution is -0.385. The molecule has 1 aromatic heterocycles. The molecule has 1 N–H and O–H groups in total. The summed E-state index contributed by atoms with van der Waals surface area (Å²) in [5.41, 5.74) is 2.59. The zero-order valence-corrected chi connectivity index (χ0v) is 11.8. The number of hydrogen-bond acceptors (Lipinski definition) is 4. The van der Waals surface area contributed by atoms with Gasteiger partial charge in [0.15, 0.2) is 0 Å². The van der Waals surface area contributed by atoms with Gasteiger partial charge < -0.3 is 5.32 Å². The molecule has 2 aromatic rings. The van der Waals surface area contributed by atoms with Crippen LogP contribution in [0.1, 0.15) is 27.2 Å². The summed E-state index contributed by atoms with van der Waals surface area (Å²) in [6.45, 7) is 3.99. The van der Waals surface area contributed by atoms with Gasteiger partial charge in [0, 0.05) is 12.6 Å². The predicted molar refractivity (Wildman–Crippen MR) is 78.0 cm³/mol. The van der Waals surface area contributed by atoms with Crippen LogP contribution in [0.2, 0.25) is 0 Å². The summed E-state index contributed by atoms with van der Waals surface area (Å²) in [5.74, 6) is -0.371. The molecule has 0 bridgehead atoms. The lowest BCUT2D eigenvalue weighted by Crippen LogP contribution is -2.24. The van der Waals surface area contributed by atoms with E-state index in [4.69, 9.17) is 0 Å². The Morgan fingerprint density at radius 1 is 1.29 bits per heavy atom. The molecule has 0 unspecified atom stereocenters. The third-order valence-electron chi connectivity index (χ3n) is 3.10. The maximum atomic E-state index is 12.1. The third-order valence-corrected chi connectivity index (χ3v) is 3.10. The fourth-order valence-corrected chi connectivity index (χ4v) is 1.84. The van der Waals surface area contributed by atoms with E-state index in [1.165, 1.54) is 6.07 Å². The van der Waals surface area contributed by atoms with Crippen LogP contribution in [0.5, 0.6) is 0 Å². The van der Waals surface area contributed by atoms with Crippen molar-refractivity contribution in [2.45, 2.75) is 20.4 Å². The molecule has 2 rings (SSSR count). The number of amides is 1. The summed E-state index contributed by atoms with van der Waals surface area (Å²) in [4.78, 5) is 26.2. The molecule has 0 spiro atoms. The summed E-state index contributed by atoms with van der Waals surface area (Å²) in [5, 5.41) is 13.5. The molecule has 6 heteroatoms. The molecule has 0 atom stereocenters. The second kappa shape index (κ2) is 6.13. The van der Waals surface area contributed by atoms with Gasteiger partial charge in [-0.1, -0.05) is 29.8 Å². The molecule has 0 saturated heterocycles. The highest BCUT2D eigenvalue weighted by Gasteiger charge is 2.15. The number of aryl methyl sites for hydroxylation is 2. The first-order valence-corrected chi connectivity index (χ1v) is 6.42. The molecule has 0 fully saturated rings. The molecule has 1 aromatic carbocycles. The molecular formula is C15H15N3O3. The number of rotatable bonds is 4. The normalized spacial score (nSPS) is 10.2. The maximum Gasteiger partial charge on any atom is 0.288 e. The van der Waals surface area contributed by atoms with Crippen LogP contribution in [-0.4, -0.2) is 15.8 Å². The number of carbonyl (C=O) groups is 1. The summed E-state index contributed by atoms with van der Waals surface area (Å²) in [6.07, 6.45) is 1.14. The Hall–Kier alpha value is -2.76. The monoisotopic (exact) mass is 285 g/mol. The number of aromatic nitrogens is 1. The number of nitrogens with one attached hydrogen (secondary N) is 1. The standard InChI is InChI=1S/C15H15N3O3/c1-10-3-5-12(6-4-10)8-17-15(19)14-7-13(18(20)21)9-16-11(14)2/h3-7,9H,8H2,1-2H3,(H,17,19). The maximum absolute atomic E-state index is 12.1. The minimum Gasteiger partial charge on any atom is -0.348 e. The van der Waals surface area contributed by atoms with Crippen LogP contribution in [0.4, 0.5) is 5.69 Å². The molecular weight excluding hydrogens is 270 g/mol. The van der Waals surface area contributed by atoms with Crippen molar-refractivity contribution in [1.29, 1.82) is 0 Å². The number of nitro groups is 1. The molecule has 6 nitrogen and oxygen atoms in total. The second-order valence-electron chi connectivity index (χ2n) is 4.75. The van der Waals surface area contributed by atoms with E-state index >= 15 is 0 Å². The molecule has 0 aliphatic carbocycles. The summed E-state index contributed by atoms with van der Waals surface area (Å²) < 4.78 is 0. The van der Waals surface area contributed by atoms with Gasteiger partial charge in [0.1, 0.15) is 6.20 Å². The molecule has 21 heavy (non-hydrogen) atoms. The molecule has 0 radical (unpaired) electrons. The number of carbonyl (C=O) groups excluding carboxylic acids is 1. The summed E-state index contributed by atoms with van der Waals surface area (Å²) in [6, 6.07) is 9.01. The van der Waals surface area contributed by atoms with Crippen molar-refractivity contribution in [1.82, 2.24) is 10.3 Å². The zero-order chi connectivity index (χ0) is 15.4. The van der Waals surface area contributed by atoms with Crippen LogP contribution in [0, 0.1) is 24.0 Å². The molecule has 108 valence electrons. The second-order valence-corrected chi connectivity index (χ2v) is 4.75. The van der Waals surface area contributed by atoms with Crippen LogP contribution in [0.25, 0.3) is 0 Å². The molecule has 0 aliphatic rings. The van der Waals surface area contributed by atoms with Crippen molar-refractivity contribution in [3.05, 3.63) is 69.0 Å². The Bertz CT molecular complexity index is 681. The Morgan fingerprint density at radius 2 is 1.95 bits per heavy atom. The number of benzene rings is 1. The van der Waals surface area contributed by atoms with Gasteiger partial charge in [0.25, 0.3) is 11.6 Å². The highest BCUT2D eigenvalue weighted by molar-refractivity contribution is 5.95. The van der Waals surface area contributed by atoms with Crippen molar-refractivity contribution in [2.75, 3.05) is 0 Å². The Kier molecular flexibility index (Phi) is 4.27. The van der Waals surface area contributed by atoms with Crippen molar-refractivity contribution in [2.24, 2.45) is 0 Å². The Morgan fingerprint density at radius 3 is 2.57 bits per heavy atom. The first kappa shape index (κ1) is 14.6. The fourth-order valence-electron chi connectivity index (χ4n) is 1.84. The van der Waals surface area contributed by atoms with Crippen LogP contribution in [0.3, 0.4) is 0 Å². The van der Waals surface area contributed by atoms with Crippen LogP contribution in [0.15, 0.2) is 36.5 Å². The van der Waals surface area contributed by atoms with E-state index in [1.54, 1.807) is 6.92 Å². The molecule has 1 heterocycles. The number of nitrogens with zero attached hydrogens (tertiary/aromatic N) is 2. The van der Waals surface area contributed by atoms with Crippen molar-refractivity contribution in [3.8, 4) is 0 Å². The van der Waals surface area contributed by atoms with Crippen LogP contribution in [-0.2, 0) is 6.54 Å². The number of pyridine rings is 1. The Labute approximate surface area is 122 Å². The van der Waals surface area contributed by atoms with Crippen molar-refractivity contribution < 1.29 is 9.72 Å². The average molecular weight is 285 g/mol. The Balaban J connectivity index is 2.11. The lowest BCUT2D eigenvalue weighted by Gasteiger charge is -2.07. The first-order valence-electron chi connectivity index (χ1n) is 6.42. The van der Waals surface area contributed by atoms with Gasteiger partial charge >= 0.3 is 0 Å². The minimum atomic E-state index is -0.566. The van der Waals surface area contributed by atoms with Crippen molar-refractivity contribution in [3.63, 3.8) is 0 Å². The summed E-state index contributed by atoms with van der Waals surface area (Å²) >= 11 is 0. The van der Waals surface area contributed by atoms with Crippen LogP contribution < -0.4 is 5.32 Å². The van der Waals surface area contributed by atoms with Gasteiger partial charge in [-0.2, -0.15) is 0 Å². The third kappa shape index (κ3) is 3.62. The van der Waals surface area contributed by atoms with E-state index < -0.39 is 4.92 Å². The SMILES string of the molecule is Cc1ccc(CNC(=O)c2cc([N+](=O)[O-])cnc2C)cc1. The van der Waals surface area contributed by atoms with Gasteiger partial charge in [-0.05, 0) is 19.4 Å². The topological polar surface area (TPSA) is 85.1 Å². The quantitative estimate of drug-likeness (QED) is 0.691. The average Bonchev–Trinajstić information content (AvgIpc) is 2.46. The highest BCUT2D eigenvalue weighted by Crippen LogP contribution is 2.14. The van der Waals surface area contributed by atoms with E-state index in [0.717, 1.165) is 17.3 Å². The van der Waals surface area contributed by atoms with E-state index in [9.17, 15) is 14.9 Å². The van der Waals surface area contributed by atoms with Gasteiger partial charge in [0.05, 0.1) is 16.2 Å². The van der Waals surface area contributed by atoms with Gasteiger partial charge in [-0.3, -0.25) is 19.9 Å². The smallest absolute Gasteiger partial charge is 0.288 e. The van der Waals surface area contributed by atoms with Crippen molar-refractivity contribution >= 4 is 11.6 Å². The first-order chi connectivity index (χ1) is 9.97. The minimum absolute atomic E-state index is 0.193. The van der Waals surface area contributed by atoms with E-state index in [-0.39, 0.29) is 17.2 Å². The molecule has 0 saturated carbocycles. The van der Waals surface area contributed by atoms with Gasteiger partial charge in [-0.25, -0.2) is 0 Å². The van der Waals surface area contributed by atoms with E-state index in [2.05, 4.69) is 10.3 Å². The van der Waals surface area contributed by atoms with Crippen LogP contribution >= 0.6 is 0 Å². The summed E-state index contributed by atoms with van der Waals surface area (Å²) in [7, 11) is 0. The van der Waals surface area contributed by atoms with Gasteiger partial charge in [-0.15, -0.1) is 0 Å². The number of hydrogen-bond donors (Lipinski definition) is 1. The zero-order valence-electron chi connectivity index (χ0n) is 11.8. The fraction of sp³-hybridized carbons (Fsp3) is 0.200. The van der Waals surface area contributed by atoms with E-state index in [1.807, 2.05) is 31.2 Å². The lowest BCUT2D eigenvalue weighted by atomic mass is 10.1. The van der Waals surface area contributed by atoms with Gasteiger partial charge in [0.2, 0.25) is 0 Å². The molecule has 0 aliphatic heterocycles. The molecule has 1 amide bonds. The van der Waals surface area contributed by atoms with E-state index in [0.29, 0.717) is 12.2 Å². The largest absolute Gasteiger partial charge is 0.348 e. The predicted octanol–water partition coefficient (Wildman–Crippen LogP) is 2.54. The highest BCUT2D eigenvalue weighted by atomic mass is 16.6.